The highest BCUT2D eigenvalue weighted by atomic mass is 31.2. The Morgan fingerprint density at radius 2 is 1.46 bits per heavy atom. The molecule has 0 unspecified atom stereocenters. The normalized spacial score (nSPS) is 27.8. The van der Waals surface area contributed by atoms with Gasteiger partial charge in [0.25, 0.3) is 7.59 Å². The minimum Gasteiger partial charge on any atom is -0.270 e. The van der Waals surface area contributed by atoms with Crippen LogP contribution in [0.4, 0.5) is 0 Å². The van der Waals surface area contributed by atoms with E-state index in [1.54, 1.807) is 0 Å². The maximum absolute atomic E-state index is 14.6. The lowest BCUT2D eigenvalue weighted by Crippen LogP contribution is -2.43. The zero-order valence-electron chi connectivity index (χ0n) is 17.3. The second kappa shape index (κ2) is 7.75. The van der Waals surface area contributed by atoms with Crippen molar-refractivity contribution in [1.82, 2.24) is 14.4 Å². The van der Waals surface area contributed by atoms with Crippen LogP contribution in [0.2, 0.25) is 0 Å². The molecule has 0 radical (unpaired) electrons. The molecule has 2 fully saturated rings. The molecule has 1 saturated carbocycles. The maximum atomic E-state index is 14.6. The van der Waals surface area contributed by atoms with Crippen LogP contribution in [0.15, 0.2) is 24.3 Å². The van der Waals surface area contributed by atoms with Gasteiger partial charge in [0.05, 0.1) is 0 Å². The van der Waals surface area contributed by atoms with Crippen LogP contribution in [0, 0.1) is 6.92 Å². The lowest BCUT2D eigenvalue weighted by molar-refractivity contribution is 0.173. The second-order valence-corrected chi connectivity index (χ2v) is 10.9. The standard InChI is InChI=1S/C21H36N3OP/c1-15(2)23-20-13-9-10-14-21(20)24(16(3)4)26(23,25)22-18(6)19-12-8-7-11-17(19)5/h7-8,11-12,15-16,18,20-21H,9-10,13-14H2,1-6H3,(H,22,25)/t18-,20-,21-/m1/s1. The number of hydrogen-bond acceptors (Lipinski definition) is 1. The molecule has 1 aromatic carbocycles. The first-order valence-corrected chi connectivity index (χ1v) is 11.9. The molecule has 0 amide bonds. The zero-order chi connectivity index (χ0) is 19.1. The molecule has 3 atom stereocenters. The molecule has 1 aliphatic carbocycles. The van der Waals surface area contributed by atoms with Crippen LogP contribution in [0.3, 0.4) is 0 Å². The van der Waals surface area contributed by atoms with E-state index in [0.717, 1.165) is 12.8 Å². The molecular weight excluding hydrogens is 341 g/mol. The summed E-state index contributed by atoms with van der Waals surface area (Å²) in [6.45, 7) is 13.1. The van der Waals surface area contributed by atoms with Crippen molar-refractivity contribution in [2.75, 3.05) is 0 Å². The summed E-state index contributed by atoms with van der Waals surface area (Å²) in [5.74, 6) is 0. The topological polar surface area (TPSA) is 35.6 Å². The Kier molecular flexibility index (Phi) is 5.99. The highest BCUT2D eigenvalue weighted by Crippen LogP contribution is 2.63. The molecule has 1 saturated heterocycles. The smallest absolute Gasteiger partial charge is 0.270 e. The first kappa shape index (κ1) is 20.1. The van der Waals surface area contributed by atoms with Gasteiger partial charge in [0.15, 0.2) is 0 Å². The largest absolute Gasteiger partial charge is 0.285 e. The summed E-state index contributed by atoms with van der Waals surface area (Å²) < 4.78 is 19.2. The Bertz CT molecular complexity index is 647. The van der Waals surface area contributed by atoms with Gasteiger partial charge in [0, 0.05) is 30.2 Å². The van der Waals surface area contributed by atoms with Gasteiger partial charge in [-0.15, -0.1) is 0 Å². The Labute approximate surface area is 159 Å². The number of aryl methyl sites for hydroxylation is 1. The summed E-state index contributed by atoms with van der Waals surface area (Å²) in [7, 11) is -2.83. The van der Waals surface area contributed by atoms with Crippen LogP contribution < -0.4 is 5.09 Å². The Morgan fingerprint density at radius 3 is 1.92 bits per heavy atom. The van der Waals surface area contributed by atoms with Gasteiger partial charge in [0.1, 0.15) is 0 Å². The molecule has 26 heavy (non-hydrogen) atoms. The third kappa shape index (κ3) is 3.42. The monoisotopic (exact) mass is 377 g/mol. The van der Waals surface area contributed by atoms with Gasteiger partial charge >= 0.3 is 0 Å². The fourth-order valence-electron chi connectivity index (χ4n) is 5.15. The van der Waals surface area contributed by atoms with Crippen molar-refractivity contribution in [3.63, 3.8) is 0 Å². The molecule has 1 aliphatic heterocycles. The average Bonchev–Trinajstić information content (AvgIpc) is 2.82. The lowest BCUT2D eigenvalue weighted by Gasteiger charge is -2.38. The van der Waals surface area contributed by atoms with E-state index in [4.69, 9.17) is 0 Å². The molecular formula is C21H36N3OP. The Hall–Kier alpha value is -0.670. The quantitative estimate of drug-likeness (QED) is 0.687. The van der Waals surface area contributed by atoms with Crippen LogP contribution in [-0.4, -0.2) is 33.5 Å². The summed E-state index contributed by atoms with van der Waals surface area (Å²) in [5.41, 5.74) is 2.49. The van der Waals surface area contributed by atoms with Crippen molar-refractivity contribution in [2.45, 2.75) is 97.4 Å². The maximum Gasteiger partial charge on any atom is 0.285 e. The molecule has 3 rings (SSSR count). The van der Waals surface area contributed by atoms with Gasteiger partial charge in [-0.25, -0.2) is 14.4 Å². The molecule has 5 heteroatoms. The fraction of sp³-hybridized carbons (Fsp3) is 0.714. The van der Waals surface area contributed by atoms with Gasteiger partial charge in [0.2, 0.25) is 0 Å². The van der Waals surface area contributed by atoms with Crippen molar-refractivity contribution in [1.29, 1.82) is 0 Å². The predicted molar refractivity (Wildman–Crippen MR) is 110 cm³/mol. The predicted octanol–water partition coefficient (Wildman–Crippen LogP) is 5.50. The van der Waals surface area contributed by atoms with Crippen LogP contribution >= 0.6 is 7.59 Å². The van der Waals surface area contributed by atoms with E-state index in [1.165, 1.54) is 24.0 Å². The van der Waals surface area contributed by atoms with Crippen molar-refractivity contribution in [3.05, 3.63) is 35.4 Å². The van der Waals surface area contributed by atoms with Gasteiger partial charge in [-0.05, 0) is 65.5 Å². The van der Waals surface area contributed by atoms with E-state index >= 15 is 0 Å². The first-order chi connectivity index (χ1) is 12.3. The molecule has 0 spiro atoms. The van der Waals surface area contributed by atoms with Crippen molar-refractivity contribution in [2.24, 2.45) is 0 Å². The van der Waals surface area contributed by atoms with Crippen LogP contribution in [0.5, 0.6) is 0 Å². The van der Waals surface area contributed by atoms with Gasteiger partial charge < -0.3 is 0 Å². The van der Waals surface area contributed by atoms with E-state index in [2.05, 4.69) is 80.2 Å². The van der Waals surface area contributed by atoms with Gasteiger partial charge in [-0.3, -0.25) is 4.57 Å². The molecule has 0 bridgehead atoms. The molecule has 0 aromatic heterocycles. The number of hydrogen-bond donors (Lipinski definition) is 1. The van der Waals surface area contributed by atoms with E-state index in [0.29, 0.717) is 12.1 Å². The summed E-state index contributed by atoms with van der Waals surface area (Å²) in [4.78, 5) is 0. The SMILES string of the molecule is Cc1ccccc1[C@@H](C)NP1(=O)N(C(C)C)[C@@H]2CCCC[C@H]2N1C(C)C. The minimum atomic E-state index is -2.83. The van der Waals surface area contributed by atoms with E-state index in [-0.39, 0.29) is 18.1 Å². The van der Waals surface area contributed by atoms with E-state index < -0.39 is 7.59 Å². The van der Waals surface area contributed by atoms with E-state index in [1.807, 2.05) is 0 Å². The zero-order valence-corrected chi connectivity index (χ0v) is 18.2. The molecule has 1 aromatic rings. The average molecular weight is 378 g/mol. The van der Waals surface area contributed by atoms with Crippen LogP contribution in [0.1, 0.15) is 77.5 Å². The highest BCUT2D eigenvalue weighted by molar-refractivity contribution is 7.57. The van der Waals surface area contributed by atoms with Crippen LogP contribution in [-0.2, 0) is 4.57 Å². The van der Waals surface area contributed by atoms with Crippen molar-refractivity contribution < 1.29 is 4.57 Å². The lowest BCUT2D eigenvalue weighted by atomic mass is 9.89. The fourth-order valence-corrected chi connectivity index (χ4v) is 8.89. The third-order valence-electron chi connectivity index (χ3n) is 6.07. The number of rotatable bonds is 5. The van der Waals surface area contributed by atoms with Gasteiger partial charge in [-0.2, -0.15) is 0 Å². The van der Waals surface area contributed by atoms with Crippen molar-refractivity contribution in [3.8, 4) is 0 Å². The van der Waals surface area contributed by atoms with Crippen molar-refractivity contribution >= 4 is 7.59 Å². The Morgan fingerprint density at radius 1 is 0.962 bits per heavy atom. The third-order valence-corrected chi connectivity index (χ3v) is 9.57. The van der Waals surface area contributed by atoms with E-state index in [9.17, 15) is 4.57 Å². The molecule has 1 N–H and O–H groups in total. The summed E-state index contributed by atoms with van der Waals surface area (Å²) in [6, 6.07) is 9.86. The van der Waals surface area contributed by atoms with Crippen LogP contribution in [0.25, 0.3) is 0 Å². The van der Waals surface area contributed by atoms with Gasteiger partial charge in [-0.1, -0.05) is 37.1 Å². The second-order valence-electron chi connectivity index (χ2n) is 8.62. The number of nitrogens with one attached hydrogen (secondary N) is 1. The molecule has 4 nitrogen and oxygen atoms in total. The number of benzene rings is 1. The molecule has 1 heterocycles. The summed E-state index contributed by atoms with van der Waals surface area (Å²) in [6.07, 6.45) is 4.83. The number of fused-ring (bicyclic) bond motifs is 1. The summed E-state index contributed by atoms with van der Waals surface area (Å²) in [5, 5.41) is 3.64. The molecule has 2 aliphatic rings. The Balaban J connectivity index is 1.99. The summed E-state index contributed by atoms with van der Waals surface area (Å²) >= 11 is 0. The minimum absolute atomic E-state index is 0.0599. The highest BCUT2D eigenvalue weighted by Gasteiger charge is 2.57. The molecule has 146 valence electrons. The number of nitrogens with zero attached hydrogens (tertiary/aromatic N) is 2. The first-order valence-electron chi connectivity index (χ1n) is 10.3.